The lowest BCUT2D eigenvalue weighted by molar-refractivity contribution is -0.128. The van der Waals surface area contributed by atoms with Crippen LogP contribution in [0.25, 0.3) is 10.8 Å². The number of hydrogen-bond donors (Lipinski definition) is 1. The molecule has 1 atom stereocenters. The standard InChI is InChI=1S/C25H27BrN2O3/c1-3-5-16-30-20-13-10-18(11-14-20)17-27-28-25(29)22(4-2)31-23-15-12-19-8-6-7-9-21(19)24(23)26/h6-15,17,22H,3-5,16H2,1-2H3,(H,28,29)/t22-/m0/s1. The molecule has 0 fully saturated rings. The van der Waals surface area contributed by atoms with Gasteiger partial charge in [0.1, 0.15) is 11.5 Å². The smallest absolute Gasteiger partial charge is 0.281 e. The van der Waals surface area contributed by atoms with Crippen molar-refractivity contribution in [1.82, 2.24) is 5.43 Å². The van der Waals surface area contributed by atoms with Crippen LogP contribution in [0.5, 0.6) is 11.5 Å². The van der Waals surface area contributed by atoms with Crippen molar-refractivity contribution in [2.45, 2.75) is 39.2 Å². The van der Waals surface area contributed by atoms with Gasteiger partial charge in [-0.15, -0.1) is 0 Å². The van der Waals surface area contributed by atoms with Crippen molar-refractivity contribution in [3.05, 3.63) is 70.7 Å². The molecule has 0 aliphatic rings. The quantitative estimate of drug-likeness (QED) is 0.216. The Kier molecular flexibility index (Phi) is 8.47. The zero-order valence-electron chi connectivity index (χ0n) is 17.8. The molecule has 0 unspecified atom stereocenters. The van der Waals surface area contributed by atoms with Gasteiger partial charge < -0.3 is 9.47 Å². The Morgan fingerprint density at radius 2 is 1.87 bits per heavy atom. The molecule has 0 radical (unpaired) electrons. The first-order chi connectivity index (χ1) is 15.1. The van der Waals surface area contributed by atoms with E-state index in [4.69, 9.17) is 9.47 Å². The largest absolute Gasteiger partial charge is 0.494 e. The monoisotopic (exact) mass is 482 g/mol. The number of nitrogens with zero attached hydrogens (tertiary/aromatic N) is 1. The molecule has 0 bridgehead atoms. The molecule has 0 aliphatic carbocycles. The van der Waals surface area contributed by atoms with Gasteiger partial charge in [0.25, 0.3) is 5.91 Å². The number of unbranched alkanes of at least 4 members (excludes halogenated alkanes) is 1. The summed E-state index contributed by atoms with van der Waals surface area (Å²) in [5, 5.41) is 6.21. The van der Waals surface area contributed by atoms with Crippen LogP contribution in [0.15, 0.2) is 70.2 Å². The molecule has 1 N–H and O–H groups in total. The number of benzene rings is 3. The summed E-state index contributed by atoms with van der Waals surface area (Å²) in [4.78, 5) is 12.6. The molecule has 6 heteroatoms. The highest BCUT2D eigenvalue weighted by Crippen LogP contribution is 2.33. The van der Waals surface area contributed by atoms with Gasteiger partial charge in [-0.1, -0.05) is 50.6 Å². The lowest BCUT2D eigenvalue weighted by Gasteiger charge is -2.17. The number of hydrogen-bond acceptors (Lipinski definition) is 4. The Hall–Kier alpha value is -2.86. The predicted octanol–water partition coefficient (Wildman–Crippen LogP) is 6.09. The maximum atomic E-state index is 12.6. The van der Waals surface area contributed by atoms with E-state index in [1.807, 2.05) is 67.6 Å². The van der Waals surface area contributed by atoms with Gasteiger partial charge in [-0.2, -0.15) is 5.10 Å². The summed E-state index contributed by atoms with van der Waals surface area (Å²) >= 11 is 3.60. The molecule has 3 aromatic carbocycles. The third-order valence-corrected chi connectivity index (χ3v) is 5.61. The van der Waals surface area contributed by atoms with Crippen molar-refractivity contribution in [2.24, 2.45) is 5.10 Å². The highest BCUT2D eigenvalue weighted by atomic mass is 79.9. The molecule has 162 valence electrons. The minimum Gasteiger partial charge on any atom is -0.494 e. The summed E-state index contributed by atoms with van der Waals surface area (Å²) in [6.07, 6.45) is 3.61. The van der Waals surface area contributed by atoms with E-state index in [-0.39, 0.29) is 5.91 Å². The number of amides is 1. The first-order valence-electron chi connectivity index (χ1n) is 10.5. The highest BCUT2D eigenvalue weighted by Gasteiger charge is 2.19. The summed E-state index contributed by atoms with van der Waals surface area (Å²) in [6.45, 7) is 4.75. The van der Waals surface area contributed by atoms with Crippen LogP contribution in [0.2, 0.25) is 0 Å². The van der Waals surface area contributed by atoms with Crippen molar-refractivity contribution >= 4 is 38.8 Å². The van der Waals surface area contributed by atoms with E-state index in [9.17, 15) is 4.79 Å². The summed E-state index contributed by atoms with van der Waals surface area (Å²) in [7, 11) is 0. The summed E-state index contributed by atoms with van der Waals surface area (Å²) < 4.78 is 12.5. The number of carbonyl (C=O) groups is 1. The van der Waals surface area contributed by atoms with Gasteiger partial charge in [0.05, 0.1) is 17.3 Å². The van der Waals surface area contributed by atoms with E-state index in [2.05, 4.69) is 33.4 Å². The number of ether oxygens (including phenoxy) is 2. The maximum absolute atomic E-state index is 12.6. The number of nitrogens with one attached hydrogen (secondary N) is 1. The molecule has 0 heterocycles. The Balaban J connectivity index is 1.58. The van der Waals surface area contributed by atoms with E-state index in [1.165, 1.54) is 0 Å². The van der Waals surface area contributed by atoms with E-state index in [1.54, 1.807) is 6.21 Å². The summed E-state index contributed by atoms with van der Waals surface area (Å²) in [5.41, 5.74) is 3.44. The minimum atomic E-state index is -0.649. The van der Waals surface area contributed by atoms with Gasteiger partial charge in [0.2, 0.25) is 0 Å². The van der Waals surface area contributed by atoms with E-state index in [0.717, 1.165) is 39.4 Å². The lowest BCUT2D eigenvalue weighted by atomic mass is 10.1. The highest BCUT2D eigenvalue weighted by molar-refractivity contribution is 9.10. The molecule has 0 saturated heterocycles. The van der Waals surface area contributed by atoms with E-state index < -0.39 is 6.10 Å². The van der Waals surface area contributed by atoms with Crippen molar-refractivity contribution < 1.29 is 14.3 Å². The molecule has 31 heavy (non-hydrogen) atoms. The topological polar surface area (TPSA) is 59.9 Å². The number of carbonyl (C=O) groups excluding carboxylic acids is 1. The zero-order chi connectivity index (χ0) is 22.1. The first kappa shape index (κ1) is 22.8. The van der Waals surface area contributed by atoms with Crippen molar-refractivity contribution in [2.75, 3.05) is 6.61 Å². The maximum Gasteiger partial charge on any atom is 0.281 e. The van der Waals surface area contributed by atoms with Crippen LogP contribution in [0.4, 0.5) is 0 Å². The Morgan fingerprint density at radius 1 is 1.10 bits per heavy atom. The Morgan fingerprint density at radius 3 is 2.61 bits per heavy atom. The van der Waals surface area contributed by atoms with Gasteiger partial charge in [0.15, 0.2) is 6.10 Å². The van der Waals surface area contributed by atoms with Crippen molar-refractivity contribution in [3.63, 3.8) is 0 Å². The Labute approximate surface area is 191 Å². The average molecular weight is 483 g/mol. The third kappa shape index (κ3) is 6.31. The van der Waals surface area contributed by atoms with Gasteiger partial charge in [-0.05, 0) is 75.4 Å². The molecule has 0 spiro atoms. The minimum absolute atomic E-state index is 0.293. The van der Waals surface area contributed by atoms with E-state index in [0.29, 0.717) is 18.8 Å². The average Bonchev–Trinajstić information content (AvgIpc) is 2.80. The molecular weight excluding hydrogens is 456 g/mol. The lowest BCUT2D eigenvalue weighted by Crippen LogP contribution is -2.35. The molecule has 0 aliphatic heterocycles. The van der Waals surface area contributed by atoms with Gasteiger partial charge in [-0.25, -0.2) is 5.43 Å². The van der Waals surface area contributed by atoms with Gasteiger partial charge in [-0.3, -0.25) is 4.79 Å². The fourth-order valence-corrected chi connectivity index (χ4v) is 3.59. The van der Waals surface area contributed by atoms with Crippen LogP contribution in [0.1, 0.15) is 38.7 Å². The van der Waals surface area contributed by atoms with Crippen LogP contribution in [0, 0.1) is 0 Å². The second-order valence-corrected chi connectivity index (χ2v) is 7.91. The van der Waals surface area contributed by atoms with Gasteiger partial charge >= 0.3 is 0 Å². The van der Waals surface area contributed by atoms with Crippen molar-refractivity contribution in [3.8, 4) is 11.5 Å². The van der Waals surface area contributed by atoms with Crippen LogP contribution in [-0.4, -0.2) is 24.8 Å². The molecule has 3 rings (SSSR count). The summed E-state index contributed by atoms with van der Waals surface area (Å²) in [6, 6.07) is 19.5. The molecule has 0 saturated carbocycles. The molecular formula is C25H27BrN2O3. The Bertz CT molecular complexity index is 1030. The molecule has 0 aromatic heterocycles. The van der Waals surface area contributed by atoms with E-state index >= 15 is 0 Å². The normalized spacial score (nSPS) is 12.1. The van der Waals surface area contributed by atoms with Crippen LogP contribution < -0.4 is 14.9 Å². The number of rotatable bonds is 10. The fourth-order valence-electron chi connectivity index (χ4n) is 3.01. The zero-order valence-corrected chi connectivity index (χ0v) is 19.4. The second kappa shape index (κ2) is 11.5. The molecule has 5 nitrogen and oxygen atoms in total. The SMILES string of the molecule is CCCCOc1ccc(C=NNC(=O)[C@H](CC)Oc2ccc3ccccc3c2Br)cc1. The van der Waals surface area contributed by atoms with Crippen LogP contribution in [0.3, 0.4) is 0 Å². The van der Waals surface area contributed by atoms with Crippen LogP contribution >= 0.6 is 15.9 Å². The van der Waals surface area contributed by atoms with Gasteiger partial charge in [0, 0.05) is 0 Å². The number of fused-ring (bicyclic) bond motifs is 1. The predicted molar refractivity (Wildman–Crippen MR) is 129 cm³/mol. The number of halogens is 1. The third-order valence-electron chi connectivity index (χ3n) is 4.80. The first-order valence-corrected chi connectivity index (χ1v) is 11.3. The van der Waals surface area contributed by atoms with Crippen LogP contribution in [-0.2, 0) is 4.79 Å². The number of hydrazone groups is 1. The molecule has 3 aromatic rings. The van der Waals surface area contributed by atoms with Crippen molar-refractivity contribution in [1.29, 1.82) is 0 Å². The second-order valence-electron chi connectivity index (χ2n) is 7.12. The molecule has 1 amide bonds. The fraction of sp³-hybridized carbons (Fsp3) is 0.280. The summed E-state index contributed by atoms with van der Waals surface area (Å²) in [5.74, 6) is 1.16.